The molecule has 35 heavy (non-hydrogen) atoms. The first-order valence-electron chi connectivity index (χ1n) is 11.3. The summed E-state index contributed by atoms with van der Waals surface area (Å²) >= 11 is 0. The highest BCUT2D eigenvalue weighted by atomic mass is 32.2. The Morgan fingerprint density at radius 2 is 1.63 bits per heavy atom. The van der Waals surface area contributed by atoms with E-state index in [4.69, 9.17) is 0 Å². The maximum atomic E-state index is 13.1. The fourth-order valence-corrected chi connectivity index (χ4v) is 4.89. The summed E-state index contributed by atoms with van der Waals surface area (Å²) < 4.78 is 29.0. The van der Waals surface area contributed by atoms with Gasteiger partial charge in [0.05, 0.1) is 21.8 Å². The summed E-state index contributed by atoms with van der Waals surface area (Å²) in [6.45, 7) is 2.01. The number of carbonyl (C=O) groups is 1. The van der Waals surface area contributed by atoms with E-state index in [1.54, 1.807) is 23.0 Å². The summed E-state index contributed by atoms with van der Waals surface area (Å²) in [6, 6.07) is 23.6. The molecule has 0 aliphatic heterocycles. The summed E-state index contributed by atoms with van der Waals surface area (Å²) in [5.41, 5.74) is 9.85. The lowest BCUT2D eigenvalue weighted by Crippen LogP contribution is -2.29. The van der Waals surface area contributed by atoms with Gasteiger partial charge < -0.3 is 0 Å². The molecular weight excluding hydrogens is 462 g/mol. The lowest BCUT2D eigenvalue weighted by Gasteiger charge is -2.10. The van der Waals surface area contributed by atoms with Crippen LogP contribution in [0.5, 0.6) is 0 Å². The second-order valence-electron chi connectivity index (χ2n) is 8.54. The third kappa shape index (κ3) is 5.26. The van der Waals surface area contributed by atoms with Gasteiger partial charge in [-0.2, -0.15) is 5.10 Å². The molecule has 4 aromatic rings. The highest BCUT2D eigenvalue weighted by Crippen LogP contribution is 2.25. The van der Waals surface area contributed by atoms with Crippen molar-refractivity contribution < 1.29 is 13.2 Å². The van der Waals surface area contributed by atoms with Gasteiger partial charge in [0.1, 0.15) is 5.69 Å². The fraction of sp³-hybridized carbons (Fsp3) is 0.154. The summed E-state index contributed by atoms with van der Waals surface area (Å²) in [6.07, 6.45) is 3.44. The molecule has 9 heteroatoms. The van der Waals surface area contributed by atoms with E-state index in [9.17, 15) is 13.2 Å². The van der Waals surface area contributed by atoms with E-state index < -0.39 is 10.0 Å². The Morgan fingerprint density at radius 3 is 2.29 bits per heavy atom. The molecule has 1 aromatic heterocycles. The Kier molecular flexibility index (Phi) is 6.10. The van der Waals surface area contributed by atoms with Gasteiger partial charge in [-0.25, -0.2) is 17.8 Å². The minimum atomic E-state index is -3.53. The van der Waals surface area contributed by atoms with Crippen LogP contribution < -0.4 is 15.6 Å². The number of benzene rings is 3. The third-order valence-corrected chi connectivity index (χ3v) is 7.23. The molecule has 0 radical (unpaired) electrons. The van der Waals surface area contributed by atoms with E-state index in [0.29, 0.717) is 16.9 Å². The van der Waals surface area contributed by atoms with Gasteiger partial charge in [0, 0.05) is 17.8 Å². The van der Waals surface area contributed by atoms with Crippen molar-refractivity contribution in [1.29, 1.82) is 0 Å². The number of nitrogens with one attached hydrogen (secondary N) is 3. The predicted octanol–water partition coefficient (Wildman–Crippen LogP) is 4.05. The quantitative estimate of drug-likeness (QED) is 0.325. The van der Waals surface area contributed by atoms with Crippen LogP contribution in [0.25, 0.3) is 16.9 Å². The molecule has 1 amide bonds. The van der Waals surface area contributed by atoms with E-state index in [-0.39, 0.29) is 16.8 Å². The Bertz CT molecular complexity index is 1440. The van der Waals surface area contributed by atoms with Crippen LogP contribution in [0.1, 0.15) is 28.8 Å². The number of aryl methyl sites for hydroxylation is 1. The van der Waals surface area contributed by atoms with Gasteiger partial charge in [-0.15, -0.1) is 0 Å². The number of carbonyl (C=O) groups excluding carboxylic acids is 1. The van der Waals surface area contributed by atoms with Crippen molar-refractivity contribution in [3.05, 3.63) is 96.2 Å². The maximum Gasteiger partial charge on any atom is 0.273 e. The van der Waals surface area contributed by atoms with Gasteiger partial charge in [0.25, 0.3) is 5.91 Å². The molecule has 1 fully saturated rings. The maximum absolute atomic E-state index is 13.1. The Balaban J connectivity index is 1.35. The monoisotopic (exact) mass is 487 g/mol. The Hall–Kier alpha value is -3.95. The topological polar surface area (TPSA) is 105 Å². The molecule has 0 unspecified atom stereocenters. The van der Waals surface area contributed by atoms with Crippen molar-refractivity contribution in [3.8, 4) is 16.9 Å². The minimum Gasteiger partial charge on any atom is -0.298 e. The highest BCUT2D eigenvalue weighted by molar-refractivity contribution is 7.89. The predicted molar refractivity (Wildman–Crippen MR) is 135 cm³/mol. The van der Waals surface area contributed by atoms with E-state index in [0.717, 1.165) is 29.7 Å². The van der Waals surface area contributed by atoms with Crippen molar-refractivity contribution in [1.82, 2.24) is 19.9 Å². The number of hydrogen-bond acceptors (Lipinski definition) is 5. The second kappa shape index (κ2) is 9.36. The first kappa shape index (κ1) is 22.8. The SMILES string of the molecule is Cc1ccc(-n2cc(C(=O)NNc3ccc(S(=O)(=O)NC4CC4)cc3)c(-c3ccccc3)n2)cc1. The van der Waals surface area contributed by atoms with E-state index in [1.165, 1.54) is 12.1 Å². The van der Waals surface area contributed by atoms with Gasteiger partial charge in [0.15, 0.2) is 0 Å². The Morgan fingerprint density at radius 1 is 0.943 bits per heavy atom. The molecule has 0 spiro atoms. The first-order valence-corrected chi connectivity index (χ1v) is 12.8. The van der Waals surface area contributed by atoms with Gasteiger partial charge in [0.2, 0.25) is 10.0 Å². The van der Waals surface area contributed by atoms with Crippen LogP contribution in [0.2, 0.25) is 0 Å². The second-order valence-corrected chi connectivity index (χ2v) is 10.3. The zero-order valence-corrected chi connectivity index (χ0v) is 19.9. The van der Waals surface area contributed by atoms with Crippen molar-refractivity contribution in [2.45, 2.75) is 30.7 Å². The lowest BCUT2D eigenvalue weighted by atomic mass is 10.1. The smallest absolute Gasteiger partial charge is 0.273 e. The molecule has 3 aromatic carbocycles. The number of anilines is 1. The van der Waals surface area contributed by atoms with Crippen LogP contribution in [0.15, 0.2) is 90.0 Å². The van der Waals surface area contributed by atoms with Crippen LogP contribution >= 0.6 is 0 Å². The average molecular weight is 488 g/mol. The molecule has 0 saturated heterocycles. The van der Waals surface area contributed by atoms with E-state index in [1.807, 2.05) is 61.5 Å². The van der Waals surface area contributed by atoms with Gasteiger partial charge in [-0.3, -0.25) is 15.6 Å². The molecule has 8 nitrogen and oxygen atoms in total. The number of nitrogens with zero attached hydrogens (tertiary/aromatic N) is 2. The molecular formula is C26H25N5O3S. The zero-order chi connectivity index (χ0) is 24.4. The number of aromatic nitrogens is 2. The summed E-state index contributed by atoms with van der Waals surface area (Å²) in [4.78, 5) is 13.3. The van der Waals surface area contributed by atoms with Crippen LogP contribution in [0.4, 0.5) is 5.69 Å². The molecule has 1 aliphatic rings. The zero-order valence-electron chi connectivity index (χ0n) is 19.1. The molecule has 0 bridgehead atoms. The molecule has 178 valence electrons. The van der Waals surface area contributed by atoms with Gasteiger partial charge >= 0.3 is 0 Å². The largest absolute Gasteiger partial charge is 0.298 e. The van der Waals surface area contributed by atoms with Crippen molar-refractivity contribution in [3.63, 3.8) is 0 Å². The number of hydrazine groups is 1. The molecule has 1 aliphatic carbocycles. The number of sulfonamides is 1. The normalized spacial score (nSPS) is 13.4. The van der Waals surface area contributed by atoms with Gasteiger partial charge in [-0.1, -0.05) is 48.0 Å². The molecule has 0 atom stereocenters. The van der Waals surface area contributed by atoms with Crippen molar-refractivity contribution in [2.75, 3.05) is 5.43 Å². The van der Waals surface area contributed by atoms with Crippen molar-refractivity contribution in [2.24, 2.45) is 0 Å². The first-order chi connectivity index (χ1) is 16.9. The molecule has 5 rings (SSSR count). The van der Waals surface area contributed by atoms with E-state index in [2.05, 4.69) is 20.7 Å². The average Bonchev–Trinajstić information content (AvgIpc) is 3.56. The van der Waals surface area contributed by atoms with Gasteiger partial charge in [-0.05, 0) is 56.2 Å². The highest BCUT2D eigenvalue weighted by Gasteiger charge is 2.27. The van der Waals surface area contributed by atoms with Crippen LogP contribution in [-0.4, -0.2) is 30.1 Å². The number of amides is 1. The Labute approximate surface area is 204 Å². The molecule has 3 N–H and O–H groups in total. The standard InChI is InChI=1S/C26H25N5O3S/c1-18-7-13-22(14-8-18)31-17-24(25(29-31)19-5-3-2-4-6-19)26(32)28-27-20-11-15-23(16-12-20)35(33,34)30-21-9-10-21/h2-8,11-17,21,27,30H,9-10H2,1H3,(H,28,32). The summed E-state index contributed by atoms with van der Waals surface area (Å²) in [7, 11) is -3.53. The van der Waals surface area contributed by atoms with E-state index >= 15 is 0 Å². The number of rotatable bonds is 8. The fourth-order valence-electron chi connectivity index (χ4n) is 3.58. The lowest BCUT2D eigenvalue weighted by molar-refractivity contribution is 0.0963. The number of hydrogen-bond donors (Lipinski definition) is 3. The molecule has 1 saturated carbocycles. The van der Waals surface area contributed by atoms with Crippen LogP contribution in [-0.2, 0) is 10.0 Å². The van der Waals surface area contributed by atoms with Crippen LogP contribution in [0, 0.1) is 6.92 Å². The molecule has 1 heterocycles. The van der Waals surface area contributed by atoms with Crippen LogP contribution in [0.3, 0.4) is 0 Å². The third-order valence-electron chi connectivity index (χ3n) is 5.69. The minimum absolute atomic E-state index is 0.0386. The summed E-state index contributed by atoms with van der Waals surface area (Å²) in [5.74, 6) is -0.366. The summed E-state index contributed by atoms with van der Waals surface area (Å²) in [5, 5.41) is 4.68. The van der Waals surface area contributed by atoms with Crippen molar-refractivity contribution >= 4 is 21.6 Å².